The van der Waals surface area contributed by atoms with E-state index < -0.39 is 10.0 Å². The predicted molar refractivity (Wildman–Crippen MR) is 83.7 cm³/mol. The number of nitrogens with one attached hydrogen (secondary N) is 2. The van der Waals surface area contributed by atoms with Crippen LogP contribution in [0, 0.1) is 6.92 Å². The molecule has 0 bridgehead atoms. The number of pyridine rings is 1. The lowest BCUT2D eigenvalue weighted by molar-refractivity contribution is 0.567. The molecule has 1 atom stereocenters. The van der Waals surface area contributed by atoms with Gasteiger partial charge in [-0.1, -0.05) is 29.8 Å². The topological polar surface area (TPSA) is 71.1 Å². The monoisotopic (exact) mass is 305 g/mol. The smallest absolute Gasteiger partial charge is 0.241 e. The van der Waals surface area contributed by atoms with Gasteiger partial charge in [0.25, 0.3) is 0 Å². The van der Waals surface area contributed by atoms with Crippen LogP contribution in [0.2, 0.25) is 0 Å². The molecule has 2 N–H and O–H groups in total. The van der Waals surface area contributed by atoms with Crippen LogP contribution in [0.15, 0.2) is 47.5 Å². The number of hydrogen-bond donors (Lipinski definition) is 2. The molecule has 2 aromatic rings. The first-order chi connectivity index (χ1) is 9.92. The summed E-state index contributed by atoms with van der Waals surface area (Å²) < 4.78 is 27.4. The van der Waals surface area contributed by atoms with E-state index >= 15 is 0 Å². The molecule has 5 nitrogen and oxygen atoms in total. The highest BCUT2D eigenvalue weighted by atomic mass is 32.2. The summed E-state index contributed by atoms with van der Waals surface area (Å²) in [6.07, 6.45) is 1.47. The van der Waals surface area contributed by atoms with Gasteiger partial charge in [-0.05, 0) is 25.5 Å². The average molecular weight is 305 g/mol. The van der Waals surface area contributed by atoms with E-state index in [1.807, 2.05) is 38.1 Å². The zero-order valence-electron chi connectivity index (χ0n) is 12.3. The maximum atomic E-state index is 12.4. The van der Waals surface area contributed by atoms with Crippen LogP contribution in [0.5, 0.6) is 0 Å². The Morgan fingerprint density at radius 2 is 1.81 bits per heavy atom. The summed E-state index contributed by atoms with van der Waals surface area (Å²) in [5.41, 5.74) is 2.06. The van der Waals surface area contributed by atoms with Gasteiger partial charge in [0, 0.05) is 25.4 Å². The number of aryl methyl sites for hydroxylation is 1. The Hall–Kier alpha value is -1.92. The van der Waals surface area contributed by atoms with Gasteiger partial charge in [0.2, 0.25) is 10.0 Å². The maximum absolute atomic E-state index is 12.4. The number of anilines is 1. The number of sulfonamides is 1. The van der Waals surface area contributed by atoms with Gasteiger partial charge in [0.05, 0.1) is 4.90 Å². The van der Waals surface area contributed by atoms with Gasteiger partial charge in [-0.2, -0.15) is 0 Å². The second kappa shape index (κ2) is 6.24. The molecule has 0 radical (unpaired) electrons. The van der Waals surface area contributed by atoms with Gasteiger partial charge in [-0.3, -0.25) is 0 Å². The first-order valence-electron chi connectivity index (χ1n) is 6.65. The van der Waals surface area contributed by atoms with E-state index in [4.69, 9.17) is 0 Å². The predicted octanol–water partition coefficient (Wildman–Crippen LogP) is 2.47. The minimum absolute atomic E-state index is 0.195. The van der Waals surface area contributed by atoms with Crippen molar-refractivity contribution >= 4 is 15.8 Å². The minimum atomic E-state index is -3.58. The van der Waals surface area contributed by atoms with Crippen LogP contribution in [-0.4, -0.2) is 20.4 Å². The van der Waals surface area contributed by atoms with Crippen LogP contribution >= 0.6 is 0 Å². The van der Waals surface area contributed by atoms with Gasteiger partial charge in [0.1, 0.15) is 5.82 Å². The first kappa shape index (κ1) is 15.5. The van der Waals surface area contributed by atoms with Crippen LogP contribution in [0.4, 0.5) is 5.82 Å². The van der Waals surface area contributed by atoms with Crippen molar-refractivity contribution in [3.63, 3.8) is 0 Å². The van der Waals surface area contributed by atoms with Crippen molar-refractivity contribution in [1.82, 2.24) is 9.71 Å². The van der Waals surface area contributed by atoms with Crippen LogP contribution < -0.4 is 10.0 Å². The SMILES string of the molecule is CNc1cc(S(=O)(=O)NC(C)c2ccc(C)cc2)ccn1. The average Bonchev–Trinajstić information content (AvgIpc) is 2.47. The Bertz CT molecular complexity index is 712. The summed E-state index contributed by atoms with van der Waals surface area (Å²) in [7, 11) is -1.88. The number of aromatic nitrogens is 1. The third-order valence-electron chi connectivity index (χ3n) is 3.21. The Kier molecular flexibility index (Phi) is 4.59. The highest BCUT2D eigenvalue weighted by Crippen LogP contribution is 2.18. The van der Waals surface area contributed by atoms with E-state index in [9.17, 15) is 8.42 Å². The summed E-state index contributed by atoms with van der Waals surface area (Å²) in [6.45, 7) is 3.82. The van der Waals surface area contributed by atoms with Gasteiger partial charge >= 0.3 is 0 Å². The number of nitrogens with zero attached hydrogens (tertiary/aromatic N) is 1. The molecule has 0 aliphatic rings. The van der Waals surface area contributed by atoms with E-state index in [2.05, 4.69) is 15.0 Å². The molecule has 0 amide bonds. The van der Waals surface area contributed by atoms with Crippen LogP contribution in [0.25, 0.3) is 0 Å². The second-order valence-corrected chi connectivity index (χ2v) is 6.59. The molecule has 1 unspecified atom stereocenters. The summed E-state index contributed by atoms with van der Waals surface area (Å²) in [5.74, 6) is 0.515. The third kappa shape index (κ3) is 3.80. The molecule has 1 heterocycles. The largest absolute Gasteiger partial charge is 0.373 e. The minimum Gasteiger partial charge on any atom is -0.373 e. The van der Waals surface area contributed by atoms with Crippen molar-refractivity contribution in [3.05, 3.63) is 53.7 Å². The third-order valence-corrected chi connectivity index (χ3v) is 4.75. The van der Waals surface area contributed by atoms with Crippen molar-refractivity contribution in [2.75, 3.05) is 12.4 Å². The molecule has 6 heteroatoms. The van der Waals surface area contributed by atoms with Crippen molar-refractivity contribution in [2.45, 2.75) is 24.8 Å². The molecular formula is C15H19N3O2S. The van der Waals surface area contributed by atoms with Gasteiger partial charge in [-0.25, -0.2) is 18.1 Å². The summed E-state index contributed by atoms with van der Waals surface area (Å²) in [4.78, 5) is 4.21. The fourth-order valence-corrected chi connectivity index (χ4v) is 3.18. The van der Waals surface area contributed by atoms with E-state index in [-0.39, 0.29) is 10.9 Å². The first-order valence-corrected chi connectivity index (χ1v) is 8.13. The number of benzene rings is 1. The molecule has 2 rings (SSSR count). The van der Waals surface area contributed by atoms with E-state index in [1.54, 1.807) is 7.05 Å². The Morgan fingerprint density at radius 3 is 2.43 bits per heavy atom. The summed E-state index contributed by atoms with van der Waals surface area (Å²) in [5, 5.41) is 2.83. The quantitative estimate of drug-likeness (QED) is 0.890. The molecule has 112 valence electrons. The van der Waals surface area contributed by atoms with Gasteiger partial charge < -0.3 is 5.32 Å². The fraction of sp³-hybridized carbons (Fsp3) is 0.267. The molecule has 1 aromatic carbocycles. The number of rotatable bonds is 5. The van der Waals surface area contributed by atoms with Gasteiger partial charge in [0.15, 0.2) is 0 Å². The van der Waals surface area contributed by atoms with Crippen LogP contribution in [0.1, 0.15) is 24.1 Å². The highest BCUT2D eigenvalue weighted by Gasteiger charge is 2.18. The van der Waals surface area contributed by atoms with Crippen molar-refractivity contribution in [3.8, 4) is 0 Å². The van der Waals surface area contributed by atoms with Crippen LogP contribution in [-0.2, 0) is 10.0 Å². The van der Waals surface area contributed by atoms with Crippen molar-refractivity contribution in [1.29, 1.82) is 0 Å². The molecule has 0 spiro atoms. The zero-order chi connectivity index (χ0) is 15.5. The summed E-state index contributed by atoms with van der Waals surface area (Å²) in [6, 6.07) is 10.5. The van der Waals surface area contributed by atoms with Crippen LogP contribution in [0.3, 0.4) is 0 Å². The van der Waals surface area contributed by atoms with E-state index in [1.165, 1.54) is 18.3 Å². The molecular weight excluding hydrogens is 286 g/mol. The zero-order valence-corrected chi connectivity index (χ0v) is 13.1. The normalized spacial score (nSPS) is 12.9. The Balaban J connectivity index is 2.22. The lowest BCUT2D eigenvalue weighted by atomic mass is 10.1. The number of hydrogen-bond acceptors (Lipinski definition) is 4. The maximum Gasteiger partial charge on any atom is 0.241 e. The molecule has 1 aromatic heterocycles. The molecule has 0 saturated heterocycles. The van der Waals surface area contributed by atoms with Gasteiger partial charge in [-0.15, -0.1) is 0 Å². The van der Waals surface area contributed by atoms with Crippen molar-refractivity contribution in [2.24, 2.45) is 0 Å². The molecule has 0 aliphatic carbocycles. The molecule has 0 aliphatic heterocycles. The fourth-order valence-electron chi connectivity index (χ4n) is 1.94. The lowest BCUT2D eigenvalue weighted by Crippen LogP contribution is -2.27. The van der Waals surface area contributed by atoms with E-state index in [0.717, 1.165) is 11.1 Å². The lowest BCUT2D eigenvalue weighted by Gasteiger charge is -2.15. The molecule has 21 heavy (non-hydrogen) atoms. The van der Waals surface area contributed by atoms with E-state index in [0.29, 0.717) is 5.82 Å². The Morgan fingerprint density at radius 1 is 1.14 bits per heavy atom. The highest BCUT2D eigenvalue weighted by molar-refractivity contribution is 7.89. The van der Waals surface area contributed by atoms with Crippen molar-refractivity contribution < 1.29 is 8.42 Å². The standard InChI is InChI=1S/C15H19N3O2S/c1-11-4-6-13(7-5-11)12(2)18-21(19,20)14-8-9-17-15(10-14)16-3/h4-10,12,18H,1-3H3,(H,16,17). The molecule has 0 fully saturated rings. The second-order valence-electron chi connectivity index (χ2n) is 4.88. The Labute approximate surface area is 125 Å². The summed E-state index contributed by atoms with van der Waals surface area (Å²) >= 11 is 0. The molecule has 0 saturated carbocycles.